The Bertz CT molecular complexity index is 845. The summed E-state index contributed by atoms with van der Waals surface area (Å²) in [6.07, 6.45) is 4.87. The summed E-state index contributed by atoms with van der Waals surface area (Å²) in [5.41, 5.74) is 4.69. The van der Waals surface area contributed by atoms with Crippen molar-refractivity contribution in [1.82, 2.24) is 4.40 Å². The second-order valence-corrected chi connectivity index (χ2v) is 5.89. The highest BCUT2D eigenvalue weighted by Gasteiger charge is 2.20. The molecule has 0 amide bonds. The van der Waals surface area contributed by atoms with Crippen molar-refractivity contribution in [3.63, 3.8) is 0 Å². The predicted molar refractivity (Wildman–Crippen MR) is 91.5 cm³/mol. The van der Waals surface area contributed by atoms with Crippen LogP contribution in [0, 0.1) is 6.92 Å². The first-order valence-corrected chi connectivity index (χ1v) is 8.13. The summed E-state index contributed by atoms with van der Waals surface area (Å²) in [4.78, 5) is 24.4. The van der Waals surface area contributed by atoms with Crippen LogP contribution < -0.4 is 0 Å². The standard InChI is InChI=1S/C19H21NO4/c1-4-24-19(22)17-10-16-9-15(14-5-7-23-8-6-14)11-20(16)18(12(17)2)13(3)21/h5,9-11H,4,6-8H2,1-3H3. The molecule has 0 radical (unpaired) electrons. The first-order valence-electron chi connectivity index (χ1n) is 8.13. The monoisotopic (exact) mass is 327 g/mol. The SMILES string of the molecule is CCOC(=O)c1cc2cc(C3=CCOCC3)cn2c(C(C)=O)c1C. The minimum atomic E-state index is -0.395. The quantitative estimate of drug-likeness (QED) is 0.638. The van der Waals surface area contributed by atoms with Gasteiger partial charge < -0.3 is 13.9 Å². The van der Waals surface area contributed by atoms with E-state index in [1.54, 1.807) is 19.9 Å². The van der Waals surface area contributed by atoms with Gasteiger partial charge in [-0.15, -0.1) is 0 Å². The Balaban J connectivity index is 2.20. The van der Waals surface area contributed by atoms with E-state index in [1.165, 1.54) is 12.5 Å². The van der Waals surface area contributed by atoms with E-state index in [2.05, 4.69) is 6.08 Å². The lowest BCUT2D eigenvalue weighted by atomic mass is 10.0. The Kier molecular flexibility index (Phi) is 4.53. The van der Waals surface area contributed by atoms with Crippen LogP contribution in [0.15, 0.2) is 24.4 Å². The van der Waals surface area contributed by atoms with E-state index < -0.39 is 5.97 Å². The van der Waals surface area contributed by atoms with Crippen LogP contribution in [0.4, 0.5) is 0 Å². The topological polar surface area (TPSA) is 57.0 Å². The van der Waals surface area contributed by atoms with Gasteiger partial charge in [-0.2, -0.15) is 0 Å². The average molecular weight is 327 g/mol. The molecule has 3 rings (SSSR count). The highest BCUT2D eigenvalue weighted by molar-refractivity contribution is 6.01. The molecule has 0 bridgehead atoms. The molecule has 1 aliphatic rings. The summed E-state index contributed by atoms with van der Waals surface area (Å²) < 4.78 is 12.4. The average Bonchev–Trinajstić information content (AvgIpc) is 2.98. The zero-order chi connectivity index (χ0) is 17.3. The lowest BCUT2D eigenvalue weighted by molar-refractivity contribution is 0.0525. The summed E-state index contributed by atoms with van der Waals surface area (Å²) in [6, 6.07) is 3.80. The third-order valence-electron chi connectivity index (χ3n) is 4.31. The Morgan fingerprint density at radius 2 is 2.12 bits per heavy atom. The lowest BCUT2D eigenvalue weighted by Gasteiger charge is -2.12. The van der Waals surface area contributed by atoms with Gasteiger partial charge in [0.05, 0.1) is 31.1 Å². The fourth-order valence-corrected chi connectivity index (χ4v) is 3.17. The summed E-state index contributed by atoms with van der Waals surface area (Å²) in [5.74, 6) is -0.472. The van der Waals surface area contributed by atoms with Crippen LogP contribution in [0.25, 0.3) is 11.1 Å². The van der Waals surface area contributed by atoms with Crippen LogP contribution in [0.1, 0.15) is 52.2 Å². The van der Waals surface area contributed by atoms with E-state index in [-0.39, 0.29) is 5.78 Å². The van der Waals surface area contributed by atoms with Crippen LogP contribution >= 0.6 is 0 Å². The minimum Gasteiger partial charge on any atom is -0.462 e. The molecule has 5 heteroatoms. The summed E-state index contributed by atoms with van der Waals surface area (Å²) in [7, 11) is 0. The third kappa shape index (κ3) is 2.87. The first kappa shape index (κ1) is 16.5. The smallest absolute Gasteiger partial charge is 0.338 e. The zero-order valence-corrected chi connectivity index (χ0v) is 14.2. The second kappa shape index (κ2) is 6.61. The number of ether oxygens (including phenoxy) is 2. The minimum absolute atomic E-state index is 0.0771. The molecule has 0 aromatic carbocycles. The molecule has 1 aliphatic heterocycles. The molecular weight excluding hydrogens is 306 g/mol. The van der Waals surface area contributed by atoms with Crippen molar-refractivity contribution in [2.75, 3.05) is 19.8 Å². The number of carbonyl (C=O) groups is 2. The van der Waals surface area contributed by atoms with Gasteiger partial charge in [-0.25, -0.2) is 4.79 Å². The summed E-state index contributed by atoms with van der Waals surface area (Å²) >= 11 is 0. The van der Waals surface area contributed by atoms with Gasteiger partial charge >= 0.3 is 5.97 Å². The molecule has 24 heavy (non-hydrogen) atoms. The highest BCUT2D eigenvalue weighted by Crippen LogP contribution is 2.27. The van der Waals surface area contributed by atoms with Gasteiger partial charge in [0, 0.05) is 18.6 Å². The molecule has 5 nitrogen and oxygen atoms in total. The van der Waals surface area contributed by atoms with E-state index in [9.17, 15) is 9.59 Å². The number of Topliss-reactive ketones (excluding diaryl/α,β-unsaturated/α-hetero) is 1. The molecule has 3 heterocycles. The fourth-order valence-electron chi connectivity index (χ4n) is 3.17. The number of nitrogens with zero attached hydrogens (tertiary/aromatic N) is 1. The van der Waals surface area contributed by atoms with Crippen molar-refractivity contribution in [3.8, 4) is 0 Å². The normalized spacial score (nSPS) is 14.5. The number of fused-ring (bicyclic) bond motifs is 1. The number of hydrogen-bond donors (Lipinski definition) is 0. The molecular formula is C19H21NO4. The Morgan fingerprint density at radius 1 is 1.33 bits per heavy atom. The fraction of sp³-hybridized carbons (Fsp3) is 0.368. The summed E-state index contributed by atoms with van der Waals surface area (Å²) in [6.45, 7) is 6.68. The van der Waals surface area contributed by atoms with Crippen molar-refractivity contribution in [2.24, 2.45) is 0 Å². The number of ketones is 1. The van der Waals surface area contributed by atoms with Crippen LogP contribution in [-0.2, 0) is 9.47 Å². The Hall–Kier alpha value is -2.40. The molecule has 126 valence electrons. The maximum absolute atomic E-state index is 12.2. The molecule has 0 saturated heterocycles. The van der Waals surface area contributed by atoms with Crippen molar-refractivity contribution >= 4 is 22.8 Å². The molecule has 0 fully saturated rings. The maximum atomic E-state index is 12.2. The molecule has 0 atom stereocenters. The number of pyridine rings is 1. The van der Waals surface area contributed by atoms with Gasteiger partial charge in [0.1, 0.15) is 0 Å². The highest BCUT2D eigenvalue weighted by atomic mass is 16.5. The van der Waals surface area contributed by atoms with E-state index in [1.807, 2.05) is 16.7 Å². The zero-order valence-electron chi connectivity index (χ0n) is 14.2. The van der Waals surface area contributed by atoms with Gasteiger partial charge in [-0.3, -0.25) is 4.79 Å². The molecule has 0 N–H and O–H groups in total. The van der Waals surface area contributed by atoms with Gasteiger partial charge in [0.25, 0.3) is 0 Å². The molecule has 2 aromatic heterocycles. The van der Waals surface area contributed by atoms with Gasteiger partial charge in [-0.1, -0.05) is 6.08 Å². The number of aromatic nitrogens is 1. The maximum Gasteiger partial charge on any atom is 0.338 e. The Labute approximate surface area is 140 Å². The largest absolute Gasteiger partial charge is 0.462 e. The third-order valence-corrected chi connectivity index (χ3v) is 4.31. The molecule has 0 aliphatic carbocycles. The lowest BCUT2D eigenvalue weighted by Crippen LogP contribution is -2.13. The van der Waals surface area contributed by atoms with Crippen LogP contribution in [0.5, 0.6) is 0 Å². The predicted octanol–water partition coefficient (Wildman–Crippen LogP) is 3.43. The molecule has 0 spiro atoms. The number of esters is 1. The van der Waals surface area contributed by atoms with E-state index in [0.717, 1.165) is 17.5 Å². The van der Waals surface area contributed by atoms with Crippen LogP contribution in [0.3, 0.4) is 0 Å². The van der Waals surface area contributed by atoms with Crippen molar-refractivity contribution in [1.29, 1.82) is 0 Å². The van der Waals surface area contributed by atoms with Gasteiger partial charge in [0.15, 0.2) is 5.78 Å². The van der Waals surface area contributed by atoms with Gasteiger partial charge in [-0.05, 0) is 49.1 Å². The van der Waals surface area contributed by atoms with Crippen LogP contribution in [0.2, 0.25) is 0 Å². The number of carbonyl (C=O) groups excluding carboxylic acids is 2. The molecule has 2 aromatic rings. The van der Waals surface area contributed by atoms with Crippen molar-refractivity contribution in [2.45, 2.75) is 27.2 Å². The Morgan fingerprint density at radius 3 is 2.75 bits per heavy atom. The van der Waals surface area contributed by atoms with Gasteiger partial charge in [0.2, 0.25) is 0 Å². The number of hydrogen-bond acceptors (Lipinski definition) is 4. The first-order chi connectivity index (χ1) is 11.5. The summed E-state index contributed by atoms with van der Waals surface area (Å²) in [5, 5.41) is 0. The van der Waals surface area contributed by atoms with E-state index >= 15 is 0 Å². The van der Waals surface area contributed by atoms with E-state index in [4.69, 9.17) is 9.47 Å². The number of rotatable bonds is 4. The second-order valence-electron chi connectivity index (χ2n) is 5.89. The molecule has 0 unspecified atom stereocenters. The molecule has 0 saturated carbocycles. The van der Waals surface area contributed by atoms with Crippen LogP contribution in [-0.4, -0.2) is 36.0 Å². The van der Waals surface area contributed by atoms with Crippen molar-refractivity contribution < 1.29 is 19.1 Å². The van der Waals surface area contributed by atoms with E-state index in [0.29, 0.717) is 36.6 Å². The van der Waals surface area contributed by atoms with Crippen molar-refractivity contribution in [3.05, 3.63) is 46.8 Å².